The highest BCUT2D eigenvalue weighted by atomic mass is 16.2. The molecule has 7 nitrogen and oxygen atoms in total. The van der Waals surface area contributed by atoms with Crippen molar-refractivity contribution in [3.05, 3.63) is 101 Å². The largest absolute Gasteiger partial charge is 0.361 e. The molecule has 3 aromatic carbocycles. The number of piperidine rings is 1. The Morgan fingerprint density at radius 1 is 1.00 bits per heavy atom. The minimum atomic E-state index is -0.759. The van der Waals surface area contributed by atoms with Crippen molar-refractivity contribution in [2.24, 2.45) is 0 Å². The number of fused-ring (bicyclic) bond motifs is 1. The highest BCUT2D eigenvalue weighted by Gasteiger charge is 2.33. The molecule has 3 N–H and O–H groups in total. The number of amides is 3. The fraction of sp³-hybridized carbons (Fsp3) is 0.371. The number of aryl methyl sites for hydroxylation is 1. The Morgan fingerprint density at radius 3 is 2.43 bits per heavy atom. The predicted molar refractivity (Wildman–Crippen MR) is 171 cm³/mol. The molecule has 1 aliphatic rings. The number of carbonyl (C=O) groups is 2. The lowest BCUT2D eigenvalue weighted by atomic mass is 9.89. The summed E-state index contributed by atoms with van der Waals surface area (Å²) in [6.07, 6.45) is 4.57. The molecule has 0 bridgehead atoms. The summed E-state index contributed by atoms with van der Waals surface area (Å²) in [7, 11) is 4.06. The molecule has 0 spiro atoms. The van der Waals surface area contributed by atoms with E-state index in [9.17, 15) is 9.59 Å². The Kier molecular flexibility index (Phi) is 9.28. The van der Waals surface area contributed by atoms with Crippen LogP contribution in [0.3, 0.4) is 0 Å². The number of rotatable bonds is 9. The number of aromatic amines is 1. The van der Waals surface area contributed by atoms with Crippen molar-refractivity contribution in [1.82, 2.24) is 20.1 Å². The maximum absolute atomic E-state index is 14.1. The van der Waals surface area contributed by atoms with Crippen LogP contribution in [0, 0.1) is 0 Å². The number of benzene rings is 3. The molecule has 1 aliphatic heterocycles. The van der Waals surface area contributed by atoms with Gasteiger partial charge in [0.1, 0.15) is 6.04 Å². The first-order valence-corrected chi connectivity index (χ1v) is 15.1. The summed E-state index contributed by atoms with van der Waals surface area (Å²) in [5, 5.41) is 7.41. The van der Waals surface area contributed by atoms with Gasteiger partial charge in [-0.1, -0.05) is 74.5 Å². The molecule has 3 amide bonds. The first-order valence-electron chi connectivity index (χ1n) is 15.1. The second-order valence-electron chi connectivity index (χ2n) is 11.7. The Labute approximate surface area is 249 Å². The number of hydrogen-bond donors (Lipinski definition) is 3. The van der Waals surface area contributed by atoms with Gasteiger partial charge in [-0.05, 0) is 73.7 Å². The number of likely N-dealkylation sites (tertiary alicyclic amines) is 1. The molecule has 1 fully saturated rings. The number of para-hydroxylation sites is 1. The molecular weight excluding hydrogens is 522 g/mol. The normalized spacial score (nSPS) is 15.5. The van der Waals surface area contributed by atoms with E-state index in [0.717, 1.165) is 59.1 Å². The molecule has 2 atom stereocenters. The highest BCUT2D eigenvalue weighted by molar-refractivity contribution is 5.99. The van der Waals surface area contributed by atoms with Crippen molar-refractivity contribution in [3.8, 4) is 0 Å². The lowest BCUT2D eigenvalue weighted by Gasteiger charge is -2.34. The number of H-pyrrole nitrogens is 1. The lowest BCUT2D eigenvalue weighted by Crippen LogP contribution is -2.53. The fourth-order valence-corrected chi connectivity index (χ4v) is 6.16. The van der Waals surface area contributed by atoms with Crippen LogP contribution in [0.1, 0.15) is 60.8 Å². The summed E-state index contributed by atoms with van der Waals surface area (Å²) in [6.45, 7) is 6.20. The third-order valence-electron chi connectivity index (χ3n) is 8.54. The smallest absolute Gasteiger partial charge is 0.318 e. The summed E-state index contributed by atoms with van der Waals surface area (Å²) >= 11 is 0. The van der Waals surface area contributed by atoms with Gasteiger partial charge in [0.25, 0.3) is 0 Å². The van der Waals surface area contributed by atoms with E-state index in [-0.39, 0.29) is 17.9 Å². The molecule has 0 aliphatic carbocycles. The molecule has 0 saturated carbocycles. The van der Waals surface area contributed by atoms with Crippen molar-refractivity contribution >= 4 is 28.5 Å². The summed E-state index contributed by atoms with van der Waals surface area (Å²) < 4.78 is 0. The number of urea groups is 1. The van der Waals surface area contributed by atoms with Crippen molar-refractivity contribution in [1.29, 1.82) is 0 Å². The highest BCUT2D eigenvalue weighted by Crippen LogP contribution is 2.31. The number of carbonyl (C=O) groups excluding carboxylic acids is 2. The summed E-state index contributed by atoms with van der Waals surface area (Å²) in [6, 6.07) is 23.9. The van der Waals surface area contributed by atoms with Crippen molar-refractivity contribution in [2.75, 3.05) is 32.5 Å². The quantitative estimate of drug-likeness (QED) is 0.217. The molecule has 4 aromatic rings. The second kappa shape index (κ2) is 13.3. The SMILES string of the molecule is CCc1ccc(CN(C)C)cc1NC(=O)C(NC(=O)N1CCC(c2ccccc2)CC1)C(C)c1c[nH]c2ccccc12. The summed E-state index contributed by atoms with van der Waals surface area (Å²) in [4.78, 5) is 35.0. The van der Waals surface area contributed by atoms with E-state index in [1.807, 2.05) is 56.4 Å². The van der Waals surface area contributed by atoms with Gasteiger partial charge in [0.15, 0.2) is 0 Å². The van der Waals surface area contributed by atoms with Crippen LogP contribution in [0.25, 0.3) is 10.9 Å². The third-order valence-corrected chi connectivity index (χ3v) is 8.54. The Bertz CT molecular complexity index is 1500. The molecular formula is C35H43N5O2. The summed E-state index contributed by atoms with van der Waals surface area (Å²) in [5.41, 5.74) is 6.34. The minimum Gasteiger partial charge on any atom is -0.361 e. The van der Waals surface area contributed by atoms with Gasteiger partial charge in [-0.15, -0.1) is 0 Å². The Balaban J connectivity index is 1.37. The van der Waals surface area contributed by atoms with E-state index < -0.39 is 6.04 Å². The van der Waals surface area contributed by atoms with Gasteiger partial charge < -0.3 is 25.4 Å². The Hall–Kier alpha value is -4.10. The van der Waals surface area contributed by atoms with Crippen LogP contribution in [0.15, 0.2) is 79.0 Å². The maximum Gasteiger partial charge on any atom is 0.318 e. The average molecular weight is 566 g/mol. The lowest BCUT2D eigenvalue weighted by molar-refractivity contribution is -0.118. The number of nitrogens with one attached hydrogen (secondary N) is 3. The zero-order chi connectivity index (χ0) is 29.6. The molecule has 5 rings (SSSR count). The van der Waals surface area contributed by atoms with Crippen LogP contribution in [0.4, 0.5) is 10.5 Å². The Morgan fingerprint density at radius 2 is 1.71 bits per heavy atom. The molecule has 2 heterocycles. The van der Waals surface area contributed by atoms with Crippen LogP contribution < -0.4 is 10.6 Å². The number of nitrogens with zero attached hydrogens (tertiary/aromatic N) is 2. The topological polar surface area (TPSA) is 80.5 Å². The van der Waals surface area contributed by atoms with E-state index in [0.29, 0.717) is 19.0 Å². The van der Waals surface area contributed by atoms with Crippen molar-refractivity contribution in [3.63, 3.8) is 0 Å². The number of hydrogen-bond acceptors (Lipinski definition) is 3. The van der Waals surface area contributed by atoms with E-state index in [1.165, 1.54) is 5.56 Å². The molecule has 1 aromatic heterocycles. The van der Waals surface area contributed by atoms with Crippen LogP contribution in [0.5, 0.6) is 0 Å². The predicted octanol–water partition coefficient (Wildman–Crippen LogP) is 6.49. The van der Waals surface area contributed by atoms with Crippen molar-refractivity contribution < 1.29 is 9.59 Å². The molecule has 0 radical (unpaired) electrons. The van der Waals surface area contributed by atoms with Crippen LogP contribution >= 0.6 is 0 Å². The number of anilines is 1. The number of aromatic nitrogens is 1. The fourth-order valence-electron chi connectivity index (χ4n) is 6.16. The van der Waals surface area contributed by atoms with Crippen LogP contribution in [0.2, 0.25) is 0 Å². The molecule has 1 saturated heterocycles. The van der Waals surface area contributed by atoms with Crippen LogP contribution in [-0.4, -0.2) is 59.9 Å². The molecule has 7 heteroatoms. The van der Waals surface area contributed by atoms with E-state index >= 15 is 0 Å². The van der Waals surface area contributed by atoms with Crippen LogP contribution in [-0.2, 0) is 17.8 Å². The first kappa shape index (κ1) is 29.4. The molecule has 220 valence electrons. The van der Waals surface area contributed by atoms with Gasteiger partial charge >= 0.3 is 6.03 Å². The molecule has 2 unspecified atom stereocenters. The monoisotopic (exact) mass is 565 g/mol. The first-order chi connectivity index (χ1) is 20.3. The zero-order valence-electron chi connectivity index (χ0n) is 25.2. The van der Waals surface area contributed by atoms with E-state index in [2.05, 4.69) is 76.0 Å². The van der Waals surface area contributed by atoms with Gasteiger partial charge in [-0.2, -0.15) is 0 Å². The van der Waals surface area contributed by atoms with Gasteiger partial charge in [-0.3, -0.25) is 4.79 Å². The zero-order valence-corrected chi connectivity index (χ0v) is 25.2. The summed E-state index contributed by atoms with van der Waals surface area (Å²) in [5.74, 6) is -0.0274. The van der Waals surface area contributed by atoms with Gasteiger partial charge in [0.05, 0.1) is 0 Å². The minimum absolute atomic E-state index is 0.189. The third kappa shape index (κ3) is 6.68. The molecule has 42 heavy (non-hydrogen) atoms. The standard InChI is InChI=1S/C35H43N5O2/c1-5-26-16-15-25(23-39(3)4)21-32(26)37-34(41)33(24(2)30-22-36-31-14-10-9-13-29(30)31)38-35(42)40-19-17-28(18-20-40)27-11-7-6-8-12-27/h6-16,21-22,24,28,33,36H,5,17-20,23H2,1-4H3,(H,37,41)(H,38,42). The van der Waals surface area contributed by atoms with E-state index in [4.69, 9.17) is 0 Å². The van der Waals surface area contributed by atoms with Crippen molar-refractivity contribution in [2.45, 2.75) is 57.5 Å². The second-order valence-corrected chi connectivity index (χ2v) is 11.7. The maximum atomic E-state index is 14.1. The van der Waals surface area contributed by atoms with Gasteiger partial charge in [0, 0.05) is 48.3 Å². The van der Waals surface area contributed by atoms with Gasteiger partial charge in [0.2, 0.25) is 5.91 Å². The van der Waals surface area contributed by atoms with E-state index in [1.54, 1.807) is 0 Å². The van der Waals surface area contributed by atoms with Gasteiger partial charge in [-0.25, -0.2) is 4.79 Å². The average Bonchev–Trinajstić information content (AvgIpc) is 3.44.